The fourth-order valence-electron chi connectivity index (χ4n) is 4.20. The third-order valence-corrected chi connectivity index (χ3v) is 6.32. The Morgan fingerprint density at radius 1 is 1.00 bits per heavy atom. The van der Waals surface area contributed by atoms with Crippen molar-refractivity contribution in [3.63, 3.8) is 0 Å². The molecule has 4 heteroatoms. The van der Waals surface area contributed by atoms with E-state index in [9.17, 15) is 9.59 Å². The molecule has 0 radical (unpaired) electrons. The topological polar surface area (TPSA) is 49.4 Å². The van der Waals surface area contributed by atoms with E-state index in [1.165, 1.54) is 0 Å². The normalized spacial score (nSPS) is 15.1. The van der Waals surface area contributed by atoms with Crippen LogP contribution in [0.3, 0.4) is 0 Å². The van der Waals surface area contributed by atoms with Gasteiger partial charge in [0.2, 0.25) is 11.8 Å². The zero-order valence-electron chi connectivity index (χ0n) is 18.7. The van der Waals surface area contributed by atoms with Gasteiger partial charge in [-0.3, -0.25) is 9.59 Å². The van der Waals surface area contributed by atoms with Gasteiger partial charge in [-0.15, -0.1) is 0 Å². The highest BCUT2D eigenvalue weighted by Crippen LogP contribution is 2.20. The maximum absolute atomic E-state index is 13.4. The van der Waals surface area contributed by atoms with Gasteiger partial charge in [0.25, 0.3) is 0 Å². The molecular formula is C26H34N2O2. The monoisotopic (exact) mass is 406 g/mol. The average Bonchev–Trinajstić information content (AvgIpc) is 3.22. The minimum atomic E-state index is -0.511. The number of hydrogen-bond donors (Lipinski definition) is 1. The Kier molecular flexibility index (Phi) is 7.30. The number of hydrogen-bond acceptors (Lipinski definition) is 2. The molecule has 0 spiro atoms. The first-order valence-electron chi connectivity index (χ1n) is 11.1. The molecule has 0 aliphatic heterocycles. The van der Waals surface area contributed by atoms with Crippen LogP contribution in [0.1, 0.15) is 60.4 Å². The minimum Gasteiger partial charge on any atom is -0.352 e. The third kappa shape index (κ3) is 5.50. The van der Waals surface area contributed by atoms with E-state index >= 15 is 0 Å². The zero-order chi connectivity index (χ0) is 21.7. The summed E-state index contributed by atoms with van der Waals surface area (Å²) in [5.41, 5.74) is 5.48. The molecular weight excluding hydrogens is 372 g/mol. The van der Waals surface area contributed by atoms with Crippen molar-refractivity contribution >= 4 is 11.8 Å². The van der Waals surface area contributed by atoms with Crippen molar-refractivity contribution in [1.82, 2.24) is 10.2 Å². The second kappa shape index (κ2) is 9.92. The van der Waals surface area contributed by atoms with E-state index < -0.39 is 6.04 Å². The van der Waals surface area contributed by atoms with Crippen LogP contribution in [0.2, 0.25) is 0 Å². The maximum Gasteiger partial charge on any atom is 0.242 e. The van der Waals surface area contributed by atoms with Crippen molar-refractivity contribution in [1.29, 1.82) is 0 Å². The van der Waals surface area contributed by atoms with Crippen molar-refractivity contribution in [3.8, 4) is 0 Å². The van der Waals surface area contributed by atoms with Crippen molar-refractivity contribution < 1.29 is 9.59 Å². The van der Waals surface area contributed by atoms with Crippen LogP contribution in [-0.4, -0.2) is 28.8 Å². The Balaban J connectivity index is 1.82. The molecule has 160 valence electrons. The molecule has 1 saturated carbocycles. The number of carbonyl (C=O) groups is 2. The lowest BCUT2D eigenvalue weighted by Gasteiger charge is -2.30. The van der Waals surface area contributed by atoms with Crippen molar-refractivity contribution in [2.24, 2.45) is 0 Å². The van der Waals surface area contributed by atoms with Gasteiger partial charge in [0.15, 0.2) is 0 Å². The first-order chi connectivity index (χ1) is 14.3. The van der Waals surface area contributed by atoms with E-state index in [1.54, 1.807) is 4.90 Å². The number of rotatable bonds is 7. The van der Waals surface area contributed by atoms with Crippen LogP contribution in [0.4, 0.5) is 0 Å². The smallest absolute Gasteiger partial charge is 0.242 e. The van der Waals surface area contributed by atoms with Gasteiger partial charge in [-0.2, -0.15) is 0 Å². The summed E-state index contributed by atoms with van der Waals surface area (Å²) in [4.78, 5) is 28.2. The van der Waals surface area contributed by atoms with Crippen molar-refractivity contribution in [2.45, 2.75) is 78.4 Å². The molecule has 0 bridgehead atoms. The van der Waals surface area contributed by atoms with Gasteiger partial charge in [0, 0.05) is 12.6 Å². The van der Waals surface area contributed by atoms with E-state index in [1.807, 2.05) is 52.0 Å². The maximum atomic E-state index is 13.4. The Hall–Kier alpha value is -2.62. The summed E-state index contributed by atoms with van der Waals surface area (Å²) >= 11 is 0. The number of benzene rings is 2. The predicted molar refractivity (Wildman–Crippen MR) is 121 cm³/mol. The van der Waals surface area contributed by atoms with Crippen LogP contribution in [0, 0.1) is 20.8 Å². The summed E-state index contributed by atoms with van der Waals surface area (Å²) < 4.78 is 0. The summed E-state index contributed by atoms with van der Waals surface area (Å²) in [5.74, 6) is -0.0641. The zero-order valence-corrected chi connectivity index (χ0v) is 18.7. The van der Waals surface area contributed by atoms with Gasteiger partial charge in [-0.05, 0) is 62.8 Å². The van der Waals surface area contributed by atoms with Crippen LogP contribution in [0.5, 0.6) is 0 Å². The molecule has 0 heterocycles. The van der Waals surface area contributed by atoms with Crippen LogP contribution in [0.25, 0.3) is 0 Å². The first kappa shape index (κ1) is 22.1. The lowest BCUT2D eigenvalue weighted by Crippen LogP contribution is -2.50. The van der Waals surface area contributed by atoms with Gasteiger partial charge in [-0.1, -0.05) is 60.9 Å². The molecule has 1 atom stereocenters. The number of amides is 2. The van der Waals surface area contributed by atoms with Crippen LogP contribution < -0.4 is 5.32 Å². The van der Waals surface area contributed by atoms with Crippen molar-refractivity contribution in [3.05, 3.63) is 70.3 Å². The number of nitrogens with zero attached hydrogens (tertiary/aromatic N) is 1. The molecule has 2 aromatic rings. The second-order valence-corrected chi connectivity index (χ2v) is 8.72. The van der Waals surface area contributed by atoms with Gasteiger partial charge in [0.05, 0.1) is 6.42 Å². The molecule has 0 aromatic heterocycles. The summed E-state index contributed by atoms with van der Waals surface area (Å²) in [5, 5.41) is 3.17. The quantitative estimate of drug-likeness (QED) is 0.729. The average molecular weight is 407 g/mol. The number of aryl methyl sites for hydroxylation is 3. The highest BCUT2D eigenvalue weighted by molar-refractivity contribution is 5.88. The molecule has 2 amide bonds. The predicted octanol–water partition coefficient (Wildman–Crippen LogP) is 4.63. The lowest BCUT2D eigenvalue weighted by molar-refractivity contribution is -0.140. The molecule has 1 aliphatic carbocycles. The third-order valence-electron chi connectivity index (χ3n) is 6.32. The summed E-state index contributed by atoms with van der Waals surface area (Å²) in [7, 11) is 0. The van der Waals surface area contributed by atoms with E-state index in [2.05, 4.69) is 23.5 Å². The Bertz CT molecular complexity index is 900. The van der Waals surface area contributed by atoms with E-state index in [0.29, 0.717) is 13.0 Å². The molecule has 0 unspecified atom stereocenters. The largest absolute Gasteiger partial charge is 0.352 e. The van der Waals surface area contributed by atoms with Crippen LogP contribution in [-0.2, 0) is 22.6 Å². The van der Waals surface area contributed by atoms with Crippen molar-refractivity contribution in [2.75, 3.05) is 0 Å². The molecule has 0 saturated heterocycles. The number of nitrogens with one attached hydrogen (secondary N) is 1. The standard InChI is InChI=1S/C26H34N2O2/c1-18-13-14-20(3)23(15-18)16-25(29)28(17-22-10-6-5-9-19(22)2)21(4)26(30)27-24-11-7-8-12-24/h5-6,9-10,13-15,21,24H,7-8,11-12,16-17H2,1-4H3,(H,27,30)/t21-/m1/s1. The van der Waals surface area contributed by atoms with Gasteiger partial charge in [-0.25, -0.2) is 0 Å². The van der Waals surface area contributed by atoms with E-state index in [0.717, 1.165) is 53.5 Å². The second-order valence-electron chi connectivity index (χ2n) is 8.72. The summed E-state index contributed by atoms with van der Waals surface area (Å²) in [6, 6.07) is 14.0. The molecule has 1 fully saturated rings. The highest BCUT2D eigenvalue weighted by atomic mass is 16.2. The van der Waals surface area contributed by atoms with Gasteiger partial charge in [0.1, 0.15) is 6.04 Å². The minimum absolute atomic E-state index is 0.0129. The van der Waals surface area contributed by atoms with Gasteiger partial charge >= 0.3 is 0 Å². The van der Waals surface area contributed by atoms with Crippen LogP contribution in [0.15, 0.2) is 42.5 Å². The Morgan fingerprint density at radius 2 is 1.67 bits per heavy atom. The molecule has 30 heavy (non-hydrogen) atoms. The number of carbonyl (C=O) groups excluding carboxylic acids is 2. The Labute approximate surface area is 180 Å². The molecule has 3 rings (SSSR count). The first-order valence-corrected chi connectivity index (χ1v) is 11.1. The molecule has 1 aliphatic rings. The van der Waals surface area contributed by atoms with E-state index in [-0.39, 0.29) is 17.9 Å². The highest BCUT2D eigenvalue weighted by Gasteiger charge is 2.29. The SMILES string of the molecule is Cc1ccc(C)c(CC(=O)N(Cc2ccccc2C)[C@H](C)C(=O)NC2CCCC2)c1. The molecule has 2 aromatic carbocycles. The van der Waals surface area contributed by atoms with E-state index in [4.69, 9.17) is 0 Å². The van der Waals surface area contributed by atoms with Crippen LogP contribution >= 0.6 is 0 Å². The molecule has 4 nitrogen and oxygen atoms in total. The fourth-order valence-corrected chi connectivity index (χ4v) is 4.20. The van der Waals surface area contributed by atoms with Gasteiger partial charge < -0.3 is 10.2 Å². The fraction of sp³-hybridized carbons (Fsp3) is 0.462. The summed E-state index contributed by atoms with van der Waals surface area (Å²) in [6.45, 7) is 8.41. The Morgan fingerprint density at radius 3 is 2.37 bits per heavy atom. The molecule has 1 N–H and O–H groups in total. The summed E-state index contributed by atoms with van der Waals surface area (Å²) in [6.07, 6.45) is 4.70. The lowest BCUT2D eigenvalue weighted by atomic mass is 10.0.